The molecular weight excluding hydrogens is 418 g/mol. The molecule has 1 unspecified atom stereocenters. The van der Waals surface area contributed by atoms with Gasteiger partial charge in [-0.1, -0.05) is 12.1 Å². The number of hydrogen-bond donors (Lipinski definition) is 1. The van der Waals surface area contributed by atoms with Crippen molar-refractivity contribution in [3.05, 3.63) is 47.5 Å². The van der Waals surface area contributed by atoms with Crippen LogP contribution < -0.4 is 24.3 Å². The second-order valence-corrected chi connectivity index (χ2v) is 6.99. The highest BCUT2D eigenvalue weighted by molar-refractivity contribution is 6.07. The van der Waals surface area contributed by atoms with Crippen LogP contribution in [0.25, 0.3) is 0 Å². The summed E-state index contributed by atoms with van der Waals surface area (Å²) in [6.45, 7) is 2.86. The molecule has 0 saturated carbocycles. The van der Waals surface area contributed by atoms with Gasteiger partial charge >= 0.3 is 12.0 Å². The number of rotatable bonds is 7. The zero-order chi connectivity index (χ0) is 23.5. The van der Waals surface area contributed by atoms with Crippen LogP contribution in [-0.2, 0) is 15.1 Å². The van der Waals surface area contributed by atoms with Gasteiger partial charge in [-0.15, -0.1) is 5.01 Å². The van der Waals surface area contributed by atoms with E-state index in [2.05, 4.69) is 10.4 Å². The number of imide groups is 1. The lowest BCUT2D eigenvalue weighted by atomic mass is 9.92. The van der Waals surface area contributed by atoms with Gasteiger partial charge in [0.1, 0.15) is 11.3 Å². The van der Waals surface area contributed by atoms with E-state index in [1.54, 1.807) is 38.3 Å². The van der Waals surface area contributed by atoms with Gasteiger partial charge in [0.2, 0.25) is 5.75 Å². The van der Waals surface area contributed by atoms with Crippen molar-refractivity contribution in [1.29, 1.82) is 0 Å². The van der Waals surface area contributed by atoms with Crippen molar-refractivity contribution < 1.29 is 33.3 Å². The Kier molecular flexibility index (Phi) is 6.33. The molecule has 0 bridgehead atoms. The summed E-state index contributed by atoms with van der Waals surface area (Å²) in [5.74, 6) is 0.105. The summed E-state index contributed by atoms with van der Waals surface area (Å²) >= 11 is 0. The summed E-state index contributed by atoms with van der Waals surface area (Å²) in [6, 6.07) is 9.21. The van der Waals surface area contributed by atoms with Gasteiger partial charge in [-0.05, 0) is 36.8 Å². The van der Waals surface area contributed by atoms with Crippen LogP contribution in [0.3, 0.4) is 0 Å². The number of benzene rings is 2. The molecule has 3 amide bonds. The smallest absolute Gasteiger partial charge is 0.346 e. The van der Waals surface area contributed by atoms with Crippen molar-refractivity contribution in [2.45, 2.75) is 19.4 Å². The van der Waals surface area contributed by atoms with Gasteiger partial charge in [-0.3, -0.25) is 9.59 Å². The number of ether oxygens (including phenoxy) is 4. The first-order valence-electron chi connectivity index (χ1n) is 9.53. The zero-order valence-electron chi connectivity index (χ0n) is 18.3. The topological polar surface area (TPSA) is 116 Å². The van der Waals surface area contributed by atoms with E-state index in [9.17, 15) is 14.4 Å². The zero-order valence-corrected chi connectivity index (χ0v) is 18.3. The number of methoxy groups -OCH3 is 3. The van der Waals surface area contributed by atoms with Crippen molar-refractivity contribution >= 4 is 24.1 Å². The Morgan fingerprint density at radius 3 is 2.12 bits per heavy atom. The monoisotopic (exact) mass is 441 g/mol. The lowest BCUT2D eigenvalue weighted by molar-refractivity contribution is -0.132. The van der Waals surface area contributed by atoms with Crippen LogP contribution in [0.4, 0.5) is 4.79 Å². The number of carbonyl (C=O) groups excluding carboxylic acids is 3. The Morgan fingerprint density at radius 2 is 1.62 bits per heavy atom. The summed E-state index contributed by atoms with van der Waals surface area (Å²) in [4.78, 5) is 36.9. The molecule has 1 aliphatic heterocycles. The lowest BCUT2D eigenvalue weighted by Crippen LogP contribution is -2.40. The quantitative estimate of drug-likeness (QED) is 0.304. The van der Waals surface area contributed by atoms with E-state index in [-0.39, 0.29) is 17.2 Å². The summed E-state index contributed by atoms with van der Waals surface area (Å²) in [7, 11) is 4.35. The molecule has 0 radical (unpaired) electrons. The average molecular weight is 441 g/mol. The molecule has 3 rings (SSSR count). The highest BCUT2D eigenvalue weighted by Gasteiger charge is 2.49. The van der Waals surface area contributed by atoms with Gasteiger partial charge in [-0.25, -0.2) is 4.79 Å². The molecule has 168 valence electrons. The molecule has 1 N–H and O–H groups in total. The van der Waals surface area contributed by atoms with E-state index in [1.807, 2.05) is 0 Å². The average Bonchev–Trinajstić information content (AvgIpc) is 3.01. The molecule has 10 nitrogen and oxygen atoms in total. The predicted molar refractivity (Wildman–Crippen MR) is 114 cm³/mol. The molecule has 1 atom stereocenters. The molecule has 0 aliphatic carbocycles. The van der Waals surface area contributed by atoms with E-state index >= 15 is 0 Å². The minimum absolute atomic E-state index is 0.113. The molecular formula is C22H23N3O7. The van der Waals surface area contributed by atoms with Crippen molar-refractivity contribution in [3.63, 3.8) is 0 Å². The molecule has 1 saturated heterocycles. The molecule has 1 fully saturated rings. The third-order valence-electron chi connectivity index (χ3n) is 4.89. The maximum absolute atomic E-state index is 13.0. The number of nitrogens with one attached hydrogen (secondary N) is 1. The molecule has 0 spiro atoms. The van der Waals surface area contributed by atoms with E-state index < -0.39 is 23.4 Å². The van der Waals surface area contributed by atoms with Gasteiger partial charge < -0.3 is 24.3 Å². The lowest BCUT2D eigenvalue weighted by Gasteiger charge is -2.21. The molecule has 10 heteroatoms. The normalized spacial score (nSPS) is 18.0. The number of amides is 3. The fraction of sp³-hybridized carbons (Fsp3) is 0.273. The number of esters is 1. The van der Waals surface area contributed by atoms with Crippen LogP contribution in [0, 0.1) is 0 Å². The highest BCUT2D eigenvalue weighted by Crippen LogP contribution is 2.38. The third kappa shape index (κ3) is 4.20. The van der Waals surface area contributed by atoms with Crippen molar-refractivity contribution in [1.82, 2.24) is 10.3 Å². The van der Waals surface area contributed by atoms with E-state index in [0.717, 1.165) is 5.01 Å². The Morgan fingerprint density at radius 1 is 1.03 bits per heavy atom. The number of urea groups is 1. The van der Waals surface area contributed by atoms with Crippen LogP contribution in [-0.4, -0.2) is 50.5 Å². The van der Waals surface area contributed by atoms with Crippen molar-refractivity contribution in [2.75, 3.05) is 21.3 Å². The van der Waals surface area contributed by atoms with Crippen molar-refractivity contribution in [2.24, 2.45) is 5.10 Å². The molecule has 32 heavy (non-hydrogen) atoms. The van der Waals surface area contributed by atoms with E-state index in [1.165, 1.54) is 39.5 Å². The largest absolute Gasteiger partial charge is 0.497 e. The van der Waals surface area contributed by atoms with Crippen LogP contribution >= 0.6 is 0 Å². The van der Waals surface area contributed by atoms with E-state index in [4.69, 9.17) is 18.9 Å². The van der Waals surface area contributed by atoms with Gasteiger partial charge in [-0.2, -0.15) is 5.10 Å². The first-order valence-corrected chi connectivity index (χ1v) is 9.53. The van der Waals surface area contributed by atoms with Gasteiger partial charge in [0.25, 0.3) is 5.91 Å². The fourth-order valence-corrected chi connectivity index (χ4v) is 3.19. The SMILES string of the molecule is COc1ccc(C2(C)NC(=O)N(/N=C/c3cc(OC)c(OC(C)=O)c(OC)c3)C2=O)cc1. The highest BCUT2D eigenvalue weighted by atomic mass is 16.6. The second kappa shape index (κ2) is 8.96. The standard InChI is InChI=1S/C22H23N3O7/c1-13(26)32-19-17(30-4)10-14(11-18(19)31-5)12-23-25-20(27)22(2,24-21(25)28)15-6-8-16(29-3)9-7-15/h6-12H,1-5H3,(H,24,28)/b23-12+. The van der Waals surface area contributed by atoms with Crippen LogP contribution in [0.1, 0.15) is 25.0 Å². The summed E-state index contributed by atoms with van der Waals surface area (Å²) in [6.07, 6.45) is 1.31. The van der Waals surface area contributed by atoms with Crippen molar-refractivity contribution in [3.8, 4) is 23.0 Å². The first kappa shape index (κ1) is 22.6. The maximum Gasteiger partial charge on any atom is 0.346 e. The Balaban J connectivity index is 1.89. The minimum Gasteiger partial charge on any atom is -0.497 e. The first-order chi connectivity index (χ1) is 15.2. The summed E-state index contributed by atoms with van der Waals surface area (Å²) in [5, 5.41) is 7.48. The Labute approximate surface area is 184 Å². The van der Waals surface area contributed by atoms with Crippen LogP contribution in [0.2, 0.25) is 0 Å². The second-order valence-electron chi connectivity index (χ2n) is 6.99. The maximum atomic E-state index is 13.0. The minimum atomic E-state index is -1.28. The predicted octanol–water partition coefficient (Wildman–Crippen LogP) is 2.44. The number of hydrogen-bond acceptors (Lipinski definition) is 8. The summed E-state index contributed by atoms with van der Waals surface area (Å²) in [5.41, 5.74) is -0.244. The fourth-order valence-electron chi connectivity index (χ4n) is 3.19. The number of hydrazone groups is 1. The molecule has 0 aromatic heterocycles. The Hall–Kier alpha value is -4.08. The summed E-state index contributed by atoms with van der Waals surface area (Å²) < 4.78 is 20.8. The van der Waals surface area contributed by atoms with Gasteiger partial charge in [0.05, 0.1) is 27.5 Å². The Bertz CT molecular complexity index is 1060. The van der Waals surface area contributed by atoms with Crippen LogP contribution in [0.15, 0.2) is 41.5 Å². The molecule has 2 aromatic carbocycles. The number of carbonyl (C=O) groups is 3. The molecule has 1 aliphatic rings. The van der Waals surface area contributed by atoms with Gasteiger partial charge in [0, 0.05) is 12.5 Å². The van der Waals surface area contributed by atoms with E-state index in [0.29, 0.717) is 16.9 Å². The molecule has 2 aromatic rings. The van der Waals surface area contributed by atoms with Gasteiger partial charge in [0.15, 0.2) is 11.5 Å². The van der Waals surface area contributed by atoms with Crippen LogP contribution in [0.5, 0.6) is 23.0 Å². The molecule has 1 heterocycles. The number of nitrogens with zero attached hydrogens (tertiary/aromatic N) is 2. The third-order valence-corrected chi connectivity index (χ3v) is 4.89.